The maximum atomic E-state index is 13.0. The van der Waals surface area contributed by atoms with Crippen LogP contribution in [-0.4, -0.2) is 32.4 Å². The third-order valence-corrected chi connectivity index (χ3v) is 4.43. The van der Waals surface area contributed by atoms with E-state index in [1.54, 1.807) is 17.3 Å². The number of hydrogen-bond donors (Lipinski definition) is 0. The average Bonchev–Trinajstić information content (AvgIpc) is 3.08. The zero-order valence-electron chi connectivity index (χ0n) is 14.8. The third kappa shape index (κ3) is 3.45. The van der Waals surface area contributed by atoms with Crippen LogP contribution in [0.3, 0.4) is 0 Å². The van der Waals surface area contributed by atoms with Gasteiger partial charge in [0.1, 0.15) is 5.82 Å². The number of aromatic nitrogens is 3. The van der Waals surface area contributed by atoms with Crippen LogP contribution in [-0.2, 0) is 7.05 Å². The first kappa shape index (κ1) is 16.9. The van der Waals surface area contributed by atoms with E-state index in [4.69, 9.17) is 0 Å². The molecule has 5 heteroatoms. The Balaban J connectivity index is 1.89. The van der Waals surface area contributed by atoms with E-state index >= 15 is 0 Å². The molecule has 0 bridgehead atoms. The van der Waals surface area contributed by atoms with E-state index in [2.05, 4.69) is 16.9 Å². The van der Waals surface area contributed by atoms with E-state index < -0.39 is 0 Å². The van der Waals surface area contributed by atoms with Crippen molar-refractivity contribution in [3.8, 4) is 11.4 Å². The van der Waals surface area contributed by atoms with Crippen molar-refractivity contribution >= 4 is 5.91 Å². The molecule has 0 spiro atoms. The van der Waals surface area contributed by atoms with Crippen LogP contribution in [0.25, 0.3) is 11.4 Å². The van der Waals surface area contributed by atoms with E-state index in [1.807, 2.05) is 67.5 Å². The van der Waals surface area contributed by atoms with Crippen LogP contribution in [0.15, 0.2) is 61.2 Å². The fourth-order valence-electron chi connectivity index (χ4n) is 3.09. The van der Waals surface area contributed by atoms with Crippen LogP contribution in [0.2, 0.25) is 0 Å². The number of benzene rings is 1. The maximum absolute atomic E-state index is 13.0. The van der Waals surface area contributed by atoms with Gasteiger partial charge in [0.15, 0.2) is 0 Å². The first-order valence-corrected chi connectivity index (χ1v) is 8.36. The molecule has 25 heavy (non-hydrogen) atoms. The lowest BCUT2D eigenvalue weighted by Gasteiger charge is -2.27. The molecule has 0 saturated heterocycles. The number of imidazole rings is 1. The van der Waals surface area contributed by atoms with Gasteiger partial charge in [-0.3, -0.25) is 9.78 Å². The summed E-state index contributed by atoms with van der Waals surface area (Å²) in [5, 5.41) is 0. The molecule has 2 heterocycles. The fraction of sp³-hybridized carbons (Fsp3) is 0.250. The van der Waals surface area contributed by atoms with Gasteiger partial charge in [-0.25, -0.2) is 4.98 Å². The second kappa shape index (κ2) is 7.30. The van der Waals surface area contributed by atoms with E-state index in [9.17, 15) is 4.79 Å². The first-order chi connectivity index (χ1) is 12.1. The van der Waals surface area contributed by atoms with Crippen LogP contribution in [0, 0.1) is 0 Å². The zero-order valence-corrected chi connectivity index (χ0v) is 14.8. The minimum absolute atomic E-state index is 0.00184. The van der Waals surface area contributed by atoms with E-state index in [0.29, 0.717) is 5.56 Å². The van der Waals surface area contributed by atoms with Gasteiger partial charge in [-0.1, -0.05) is 25.1 Å². The number of carbonyl (C=O) groups excluding carboxylic acids is 1. The largest absolute Gasteiger partial charge is 0.335 e. The van der Waals surface area contributed by atoms with Gasteiger partial charge < -0.3 is 9.47 Å². The van der Waals surface area contributed by atoms with Gasteiger partial charge in [-0.2, -0.15) is 0 Å². The summed E-state index contributed by atoms with van der Waals surface area (Å²) in [6, 6.07) is 11.5. The highest BCUT2D eigenvalue weighted by atomic mass is 16.2. The molecule has 0 N–H and O–H groups in total. The van der Waals surface area contributed by atoms with Gasteiger partial charge >= 0.3 is 0 Å². The number of rotatable bonds is 5. The van der Waals surface area contributed by atoms with Gasteiger partial charge in [0, 0.05) is 50.0 Å². The molecule has 3 aromatic rings. The standard InChI is InChI=1S/C20H22N4O/c1-4-18(17-9-6-10-21-14-17)24(3)20(25)16-8-5-7-15(13-16)19-22-11-12-23(19)2/h5-14,18H,4H2,1-3H3/t18-/m1/s1. The summed E-state index contributed by atoms with van der Waals surface area (Å²) < 4.78 is 1.94. The highest BCUT2D eigenvalue weighted by molar-refractivity contribution is 5.95. The molecule has 3 rings (SSSR count). The Labute approximate surface area is 148 Å². The molecule has 1 amide bonds. The molecule has 0 aliphatic heterocycles. The molecule has 5 nitrogen and oxygen atoms in total. The lowest BCUT2D eigenvalue weighted by molar-refractivity contribution is 0.0726. The van der Waals surface area contributed by atoms with Gasteiger partial charge in [0.25, 0.3) is 5.91 Å². The summed E-state index contributed by atoms with van der Waals surface area (Å²) in [5.41, 5.74) is 2.63. The quantitative estimate of drug-likeness (QED) is 0.715. The Kier molecular flexibility index (Phi) is 4.93. The molecule has 0 saturated carbocycles. The summed E-state index contributed by atoms with van der Waals surface area (Å²) in [7, 11) is 3.79. The number of hydrogen-bond acceptors (Lipinski definition) is 3. The average molecular weight is 334 g/mol. The van der Waals surface area contributed by atoms with Crippen molar-refractivity contribution < 1.29 is 4.79 Å². The minimum atomic E-state index is -0.00763. The van der Waals surface area contributed by atoms with E-state index in [1.165, 1.54) is 0 Å². The second-order valence-electron chi connectivity index (χ2n) is 6.07. The van der Waals surface area contributed by atoms with E-state index in [0.717, 1.165) is 23.4 Å². The Morgan fingerprint density at radius 1 is 1.24 bits per heavy atom. The van der Waals surface area contributed by atoms with Crippen LogP contribution < -0.4 is 0 Å². The Bertz CT molecular complexity index is 857. The molecule has 2 aromatic heterocycles. The Morgan fingerprint density at radius 3 is 2.72 bits per heavy atom. The van der Waals surface area contributed by atoms with Crippen molar-refractivity contribution in [3.05, 3.63) is 72.3 Å². The van der Waals surface area contributed by atoms with Crippen molar-refractivity contribution in [2.24, 2.45) is 7.05 Å². The van der Waals surface area contributed by atoms with Gasteiger partial charge in [-0.15, -0.1) is 0 Å². The molecule has 1 aromatic carbocycles. The van der Waals surface area contributed by atoms with Gasteiger partial charge in [0.05, 0.1) is 6.04 Å². The predicted octanol–water partition coefficient (Wildman–Crippen LogP) is 3.71. The molecule has 0 aliphatic rings. The van der Waals surface area contributed by atoms with Gasteiger partial charge in [-0.05, 0) is 30.2 Å². The summed E-state index contributed by atoms with van der Waals surface area (Å²) in [5.74, 6) is 0.836. The molecule has 0 fully saturated rings. The van der Waals surface area contributed by atoms with Crippen molar-refractivity contribution in [2.75, 3.05) is 7.05 Å². The lowest BCUT2D eigenvalue weighted by atomic mass is 10.0. The monoisotopic (exact) mass is 334 g/mol. The highest BCUT2D eigenvalue weighted by Gasteiger charge is 2.22. The van der Waals surface area contributed by atoms with Crippen LogP contribution in [0.5, 0.6) is 0 Å². The van der Waals surface area contributed by atoms with Crippen LogP contribution in [0.1, 0.15) is 35.3 Å². The molecular formula is C20H22N4O. The molecule has 128 valence electrons. The smallest absolute Gasteiger partial charge is 0.254 e. The highest BCUT2D eigenvalue weighted by Crippen LogP contribution is 2.25. The van der Waals surface area contributed by atoms with Crippen molar-refractivity contribution in [3.63, 3.8) is 0 Å². The summed E-state index contributed by atoms with van der Waals surface area (Å²) in [6.07, 6.45) is 8.04. The van der Waals surface area contributed by atoms with Gasteiger partial charge in [0.2, 0.25) is 0 Å². The maximum Gasteiger partial charge on any atom is 0.254 e. The number of aryl methyl sites for hydroxylation is 1. The normalized spacial score (nSPS) is 12.0. The van der Waals surface area contributed by atoms with E-state index in [-0.39, 0.29) is 11.9 Å². The molecule has 0 unspecified atom stereocenters. The van der Waals surface area contributed by atoms with Crippen molar-refractivity contribution in [2.45, 2.75) is 19.4 Å². The number of pyridine rings is 1. The molecule has 0 radical (unpaired) electrons. The number of amides is 1. The Morgan fingerprint density at radius 2 is 2.08 bits per heavy atom. The van der Waals surface area contributed by atoms with Crippen molar-refractivity contribution in [1.82, 2.24) is 19.4 Å². The molecule has 0 aliphatic carbocycles. The van der Waals surface area contributed by atoms with Crippen LogP contribution >= 0.6 is 0 Å². The predicted molar refractivity (Wildman–Crippen MR) is 98.0 cm³/mol. The fourth-order valence-corrected chi connectivity index (χ4v) is 3.09. The third-order valence-electron chi connectivity index (χ3n) is 4.43. The molecule has 1 atom stereocenters. The molecular weight excluding hydrogens is 312 g/mol. The number of nitrogens with zero attached hydrogens (tertiary/aromatic N) is 4. The zero-order chi connectivity index (χ0) is 17.8. The summed E-state index contributed by atoms with van der Waals surface area (Å²) in [4.78, 5) is 23.3. The summed E-state index contributed by atoms with van der Waals surface area (Å²) >= 11 is 0. The SMILES string of the molecule is CC[C@H](c1cccnc1)N(C)C(=O)c1cccc(-c2nccn2C)c1. The minimum Gasteiger partial charge on any atom is -0.335 e. The first-order valence-electron chi connectivity index (χ1n) is 8.36. The summed E-state index contributed by atoms with van der Waals surface area (Å²) in [6.45, 7) is 2.08. The van der Waals surface area contributed by atoms with Crippen LogP contribution in [0.4, 0.5) is 0 Å². The topological polar surface area (TPSA) is 51.0 Å². The lowest BCUT2D eigenvalue weighted by Crippen LogP contribution is -2.31. The Hall–Kier alpha value is -2.95. The van der Waals surface area contributed by atoms with Crippen molar-refractivity contribution in [1.29, 1.82) is 0 Å². The number of carbonyl (C=O) groups is 1. The second-order valence-corrected chi connectivity index (χ2v) is 6.07.